The lowest BCUT2D eigenvalue weighted by atomic mass is 10.4. The Morgan fingerprint density at radius 2 is 1.17 bits per heavy atom. The minimum absolute atomic E-state index is 0.340. The second-order valence-corrected chi connectivity index (χ2v) is 9.40. The van der Waals surface area contributed by atoms with Crippen molar-refractivity contribution in [1.29, 1.82) is 0 Å². The Balaban J connectivity index is 5.03. The molecule has 102 valence electrons. The van der Waals surface area contributed by atoms with Crippen molar-refractivity contribution >= 4 is 8.07 Å². The summed E-state index contributed by atoms with van der Waals surface area (Å²) in [6.07, 6.45) is 0. The summed E-state index contributed by atoms with van der Waals surface area (Å²) < 4.78 is 0. The van der Waals surface area contributed by atoms with E-state index in [9.17, 15) is 14.7 Å². The molecule has 0 fully saturated rings. The summed E-state index contributed by atoms with van der Waals surface area (Å²) >= 11 is 0. The van der Waals surface area contributed by atoms with E-state index in [0.29, 0.717) is 18.1 Å². The first-order valence-electron chi connectivity index (χ1n) is 6.04. The van der Waals surface area contributed by atoms with Gasteiger partial charge in [0.05, 0.1) is 26.2 Å². The van der Waals surface area contributed by atoms with Crippen LogP contribution in [0.3, 0.4) is 0 Å². The van der Waals surface area contributed by atoms with Crippen LogP contribution in [0.15, 0.2) is 27.8 Å². The van der Waals surface area contributed by atoms with Gasteiger partial charge in [-0.1, -0.05) is 15.5 Å². The van der Waals surface area contributed by atoms with Crippen LogP contribution in [-0.4, -0.2) is 26.2 Å². The van der Waals surface area contributed by atoms with Crippen LogP contribution in [0.2, 0.25) is 18.1 Å². The number of nitrogens with zero attached hydrogens (tertiary/aromatic N) is 3. The van der Waals surface area contributed by atoms with Crippen LogP contribution in [0, 0.1) is 14.7 Å². The molecule has 0 saturated carbocycles. The Hall–Kier alpha value is -1.24. The first-order chi connectivity index (χ1) is 8.42. The number of hydrogen-bond donors (Lipinski definition) is 0. The molecule has 18 heavy (non-hydrogen) atoms. The molecule has 3 unspecified atom stereocenters. The molecule has 0 aromatic carbocycles. The minimum Gasteiger partial charge on any atom is -0.151 e. The van der Waals surface area contributed by atoms with E-state index in [1.54, 1.807) is 20.8 Å². The fourth-order valence-corrected chi connectivity index (χ4v) is 7.13. The van der Waals surface area contributed by atoms with Gasteiger partial charge in [0.2, 0.25) is 0 Å². The normalized spacial score (nSPS) is 19.1. The molecule has 0 bridgehead atoms. The lowest BCUT2D eigenvalue weighted by molar-refractivity contribution is 0.737. The molecule has 0 aliphatic rings. The molecule has 0 saturated heterocycles. The van der Waals surface area contributed by atoms with Crippen LogP contribution in [-0.2, 0) is 0 Å². The van der Waals surface area contributed by atoms with Crippen LogP contribution >= 0.6 is 0 Å². The molecule has 7 heteroatoms. The van der Waals surface area contributed by atoms with Gasteiger partial charge in [-0.2, -0.15) is 14.7 Å². The Kier molecular flexibility index (Phi) is 7.41. The molecular formula is C11H21N3O3Si. The van der Waals surface area contributed by atoms with Gasteiger partial charge >= 0.3 is 0 Å². The van der Waals surface area contributed by atoms with E-state index in [0.717, 1.165) is 0 Å². The fraction of sp³-hybridized carbons (Fsp3) is 0.818. The Morgan fingerprint density at radius 1 is 0.889 bits per heavy atom. The van der Waals surface area contributed by atoms with Gasteiger partial charge in [0.25, 0.3) is 0 Å². The molecular weight excluding hydrogens is 250 g/mol. The summed E-state index contributed by atoms with van der Waals surface area (Å²) in [7, 11) is -2.14. The monoisotopic (exact) mass is 271 g/mol. The topological polar surface area (TPSA) is 88.3 Å². The standard InChI is InChI=1S/C11H21N3O3Si/c1-5-18(6-9(2)12-15,7-10(3)13-16)8-11(4)14-17/h5,9-11H,1,6-8H2,2-4H3. The van der Waals surface area contributed by atoms with E-state index in [4.69, 9.17) is 0 Å². The third-order valence-electron chi connectivity index (χ3n) is 3.08. The maximum atomic E-state index is 10.6. The average molecular weight is 271 g/mol. The van der Waals surface area contributed by atoms with Crippen LogP contribution in [0.4, 0.5) is 0 Å². The molecule has 0 spiro atoms. The van der Waals surface area contributed by atoms with Crippen molar-refractivity contribution < 1.29 is 0 Å². The van der Waals surface area contributed by atoms with Crippen molar-refractivity contribution in [2.45, 2.75) is 57.0 Å². The highest BCUT2D eigenvalue weighted by atomic mass is 28.3. The SMILES string of the molecule is C=C[Si](CC(C)N=O)(CC(C)N=O)CC(C)N=O. The van der Waals surface area contributed by atoms with Crippen molar-refractivity contribution in [2.24, 2.45) is 15.5 Å². The Bertz CT molecular complexity index is 271. The van der Waals surface area contributed by atoms with Gasteiger partial charge in [0, 0.05) is 0 Å². The summed E-state index contributed by atoms with van der Waals surface area (Å²) in [6.45, 7) is 9.02. The van der Waals surface area contributed by atoms with Crippen molar-refractivity contribution in [1.82, 2.24) is 0 Å². The van der Waals surface area contributed by atoms with Gasteiger partial charge in [-0.25, -0.2) is 0 Å². The molecule has 0 radical (unpaired) electrons. The van der Waals surface area contributed by atoms with Gasteiger partial charge in [0.1, 0.15) is 0 Å². The maximum absolute atomic E-state index is 10.6. The summed E-state index contributed by atoms with van der Waals surface area (Å²) in [5.74, 6) is 0. The van der Waals surface area contributed by atoms with E-state index in [2.05, 4.69) is 22.1 Å². The molecule has 0 aliphatic carbocycles. The molecule has 3 atom stereocenters. The number of nitroso groups, excluding NO2 is 3. The first kappa shape index (κ1) is 16.8. The molecule has 0 aromatic rings. The molecule has 0 heterocycles. The average Bonchev–Trinajstić information content (AvgIpc) is 2.37. The molecule has 0 aromatic heterocycles. The largest absolute Gasteiger partial charge is 0.151 e. The first-order valence-corrected chi connectivity index (χ1v) is 8.74. The van der Waals surface area contributed by atoms with Crippen LogP contribution < -0.4 is 0 Å². The van der Waals surface area contributed by atoms with Gasteiger partial charge < -0.3 is 0 Å². The number of rotatable bonds is 10. The zero-order valence-corrected chi connectivity index (χ0v) is 12.2. The summed E-state index contributed by atoms with van der Waals surface area (Å²) in [5.41, 5.74) is 1.83. The van der Waals surface area contributed by atoms with Crippen molar-refractivity contribution in [3.05, 3.63) is 27.0 Å². The van der Waals surface area contributed by atoms with E-state index < -0.39 is 8.07 Å². The van der Waals surface area contributed by atoms with Gasteiger partial charge in [-0.15, -0.1) is 12.3 Å². The molecule has 0 rings (SSSR count). The molecule has 0 N–H and O–H groups in total. The second kappa shape index (κ2) is 7.96. The zero-order valence-electron chi connectivity index (χ0n) is 11.2. The lowest BCUT2D eigenvalue weighted by Crippen LogP contribution is -2.40. The predicted molar refractivity (Wildman–Crippen MR) is 76.1 cm³/mol. The summed E-state index contributed by atoms with van der Waals surface area (Å²) in [6, 6.07) is 0.728. The zero-order chi connectivity index (χ0) is 14.2. The Labute approximate surface area is 108 Å². The van der Waals surface area contributed by atoms with Crippen LogP contribution in [0.1, 0.15) is 20.8 Å². The third kappa shape index (κ3) is 5.39. The maximum Gasteiger partial charge on any atom is 0.0871 e. The second-order valence-electron chi connectivity index (χ2n) is 5.04. The summed E-state index contributed by atoms with van der Waals surface area (Å²) in [4.78, 5) is 31.7. The quantitative estimate of drug-likeness (QED) is 0.449. The highest BCUT2D eigenvalue weighted by Crippen LogP contribution is 2.30. The van der Waals surface area contributed by atoms with Crippen molar-refractivity contribution in [2.75, 3.05) is 0 Å². The molecule has 6 nitrogen and oxygen atoms in total. The van der Waals surface area contributed by atoms with Crippen LogP contribution in [0.5, 0.6) is 0 Å². The highest BCUT2D eigenvalue weighted by Gasteiger charge is 2.35. The van der Waals surface area contributed by atoms with Crippen molar-refractivity contribution in [3.63, 3.8) is 0 Å². The smallest absolute Gasteiger partial charge is 0.0871 e. The van der Waals surface area contributed by atoms with Gasteiger partial charge in [-0.05, 0) is 38.9 Å². The van der Waals surface area contributed by atoms with Gasteiger partial charge in [-0.3, -0.25) is 0 Å². The fourth-order valence-electron chi connectivity index (χ4n) is 2.38. The molecule has 0 amide bonds. The number of hydrogen-bond acceptors (Lipinski definition) is 6. The summed E-state index contributed by atoms with van der Waals surface area (Å²) in [5, 5.41) is 9.02. The van der Waals surface area contributed by atoms with E-state index in [-0.39, 0.29) is 18.1 Å². The highest BCUT2D eigenvalue weighted by molar-refractivity contribution is 6.84. The minimum atomic E-state index is -2.14. The van der Waals surface area contributed by atoms with Crippen LogP contribution in [0.25, 0.3) is 0 Å². The predicted octanol–water partition coefficient (Wildman–Crippen LogP) is 3.63. The van der Waals surface area contributed by atoms with Gasteiger partial charge in [0.15, 0.2) is 0 Å². The van der Waals surface area contributed by atoms with E-state index >= 15 is 0 Å². The van der Waals surface area contributed by atoms with E-state index in [1.165, 1.54) is 0 Å². The van der Waals surface area contributed by atoms with E-state index in [1.807, 2.05) is 5.70 Å². The van der Waals surface area contributed by atoms with Crippen molar-refractivity contribution in [3.8, 4) is 0 Å². The third-order valence-corrected chi connectivity index (χ3v) is 8.16. The molecule has 0 aliphatic heterocycles. The Morgan fingerprint density at radius 3 is 1.33 bits per heavy atom. The lowest BCUT2D eigenvalue weighted by Gasteiger charge is -2.31.